The monoisotopic (exact) mass is 707 g/mol. The summed E-state index contributed by atoms with van der Waals surface area (Å²) < 4.78 is 62.2. The minimum atomic E-state index is -3.92. The topological polar surface area (TPSA) is 127 Å². The van der Waals surface area contributed by atoms with Gasteiger partial charge < -0.3 is 23.8 Å². The molecule has 0 spiro atoms. The molecule has 6 rings (SSSR count). The summed E-state index contributed by atoms with van der Waals surface area (Å²) in [4.78, 5) is 4.95. The number of fused-ring (bicyclic) bond motifs is 4. The fourth-order valence-electron chi connectivity index (χ4n) is 7.73. The van der Waals surface area contributed by atoms with Crippen molar-refractivity contribution in [1.29, 1.82) is 0 Å². The Morgan fingerprint density at radius 3 is 2.04 bits per heavy atom. The van der Waals surface area contributed by atoms with E-state index in [2.05, 4.69) is 18.7 Å². The molecule has 2 bridgehead atoms. The molecule has 48 heavy (non-hydrogen) atoms. The van der Waals surface area contributed by atoms with Gasteiger partial charge in [-0.15, -0.1) is 0 Å². The van der Waals surface area contributed by atoms with Crippen LogP contribution in [0.15, 0.2) is 47.4 Å². The van der Waals surface area contributed by atoms with Crippen molar-refractivity contribution in [1.82, 2.24) is 4.90 Å². The van der Waals surface area contributed by atoms with Crippen LogP contribution in [-0.2, 0) is 20.0 Å². The lowest BCUT2D eigenvalue weighted by Crippen LogP contribution is -2.67. The van der Waals surface area contributed by atoms with Crippen molar-refractivity contribution in [3.05, 3.63) is 53.6 Å². The zero-order valence-electron chi connectivity index (χ0n) is 29.6. The largest absolute Gasteiger partial charge is 0.748 e. The molecule has 12 heteroatoms. The second-order valence-corrected chi connectivity index (χ2v) is 17.9. The summed E-state index contributed by atoms with van der Waals surface area (Å²) in [6.07, 6.45) is 6.05. The quantitative estimate of drug-likeness (QED) is 0.170. The number of unbranched alkanes of at least 4 members (excludes halogenated alkanes) is 3. The van der Waals surface area contributed by atoms with Gasteiger partial charge in [0.15, 0.2) is 9.84 Å². The molecule has 0 unspecified atom stereocenters. The Bertz CT molecular complexity index is 1520. The maximum atomic E-state index is 14.4. The molecule has 3 saturated heterocycles. The summed E-state index contributed by atoms with van der Waals surface area (Å²) in [6, 6.07) is 13.7. The van der Waals surface area contributed by atoms with E-state index in [1.165, 1.54) is 56.7 Å². The number of sulfone groups is 1. The van der Waals surface area contributed by atoms with Crippen LogP contribution in [0.1, 0.15) is 82.3 Å². The number of aliphatic hydroxyl groups excluding tert-OH is 1. The van der Waals surface area contributed by atoms with Crippen LogP contribution in [0, 0.1) is 0 Å². The molecule has 1 N–H and O–H groups in total. The van der Waals surface area contributed by atoms with Crippen LogP contribution in [0.25, 0.3) is 0 Å². The van der Waals surface area contributed by atoms with Gasteiger partial charge in [0.2, 0.25) is 0 Å². The van der Waals surface area contributed by atoms with Gasteiger partial charge in [-0.25, -0.2) is 16.8 Å². The fraction of sp³-hybridized carbons (Fsp3) is 0.667. The van der Waals surface area contributed by atoms with Crippen molar-refractivity contribution in [3.63, 3.8) is 0 Å². The zero-order chi connectivity index (χ0) is 35.2. The average Bonchev–Trinajstić information content (AvgIpc) is 3.05. The van der Waals surface area contributed by atoms with Gasteiger partial charge in [-0.2, -0.15) is 0 Å². The summed E-state index contributed by atoms with van der Waals surface area (Å²) in [7, 11) is -3.76. The van der Waals surface area contributed by atoms with E-state index >= 15 is 0 Å². The zero-order valence-corrected chi connectivity index (χ0v) is 31.2. The summed E-state index contributed by atoms with van der Waals surface area (Å²) in [5.41, 5.74) is 2.56. The molecular weight excluding hydrogens is 651 g/mol. The van der Waals surface area contributed by atoms with E-state index in [4.69, 9.17) is 17.7 Å². The van der Waals surface area contributed by atoms with Gasteiger partial charge in [0.25, 0.3) is 0 Å². The average molecular weight is 708 g/mol. The number of hydrogen-bond donors (Lipinski definition) is 1. The third-order valence-corrected chi connectivity index (χ3v) is 13.3. The lowest BCUT2D eigenvalue weighted by atomic mass is 9.76. The third-order valence-electron chi connectivity index (χ3n) is 10.6. The van der Waals surface area contributed by atoms with Crippen molar-refractivity contribution in [2.45, 2.75) is 86.9 Å². The summed E-state index contributed by atoms with van der Waals surface area (Å²) in [5, 5.41) is 12.2. The number of piperazine rings is 3. The van der Waals surface area contributed by atoms with E-state index < -0.39 is 36.7 Å². The van der Waals surface area contributed by atoms with Gasteiger partial charge in [0.1, 0.15) is 10.5 Å². The summed E-state index contributed by atoms with van der Waals surface area (Å²) in [6.45, 7) is 13.8. The van der Waals surface area contributed by atoms with Gasteiger partial charge in [0, 0.05) is 51.6 Å². The van der Waals surface area contributed by atoms with Crippen LogP contribution in [0.4, 0.5) is 5.69 Å². The smallest absolute Gasteiger partial charge is 0.186 e. The molecule has 270 valence electrons. The van der Waals surface area contributed by atoms with E-state index in [0.29, 0.717) is 36.2 Å². The lowest BCUT2D eigenvalue weighted by Gasteiger charge is -2.50. The molecule has 2 aromatic rings. The van der Waals surface area contributed by atoms with Crippen molar-refractivity contribution in [2.24, 2.45) is 0 Å². The molecule has 0 aromatic heterocycles. The Morgan fingerprint density at radius 1 is 0.958 bits per heavy atom. The Morgan fingerprint density at radius 2 is 1.52 bits per heavy atom. The standard InChI is InChI=1S/C35H54N3O4S.CH4O3S/c1-5-7-17-35(18-8-6-2)34(39)33(31-27-29(36(3)4)13-16-32(31)43(35,40)41)28-11-14-30(15-12-28)42-26-10-9-22-38-23-19-37(20-24-38)21-25-38;1-5(2,3)4/h11-16,27,33-34,39H,5-10,17-26H2,1-4H3;1H3,(H,2,3,4)/q+1;/p-1/t33-,34-;/m1./s1. The number of hydrogen-bond acceptors (Lipinski definition) is 9. The number of aliphatic hydroxyl groups is 1. The molecule has 3 fully saturated rings. The van der Waals surface area contributed by atoms with Crippen molar-refractivity contribution < 1.29 is 35.7 Å². The Kier molecular flexibility index (Phi) is 13.0. The number of quaternary nitrogens is 1. The highest BCUT2D eigenvalue weighted by atomic mass is 32.2. The van der Waals surface area contributed by atoms with E-state index in [9.17, 15) is 13.5 Å². The summed E-state index contributed by atoms with van der Waals surface area (Å²) in [5.74, 6) is 0.394. The molecule has 2 aromatic carbocycles. The van der Waals surface area contributed by atoms with Crippen LogP contribution >= 0.6 is 0 Å². The fourth-order valence-corrected chi connectivity index (χ4v) is 10.2. The van der Waals surface area contributed by atoms with E-state index in [1.54, 1.807) is 6.07 Å². The second-order valence-electron chi connectivity index (χ2n) is 14.2. The summed E-state index contributed by atoms with van der Waals surface area (Å²) >= 11 is 0. The predicted octanol–water partition coefficient (Wildman–Crippen LogP) is 4.62. The van der Waals surface area contributed by atoms with Crippen LogP contribution in [0.5, 0.6) is 5.75 Å². The van der Waals surface area contributed by atoms with Gasteiger partial charge in [0.05, 0.1) is 53.9 Å². The first kappa shape index (κ1) is 38.6. The molecule has 0 aliphatic carbocycles. The normalized spacial score (nSPS) is 25.4. The SMILES string of the molecule is CCCCC1(CCCC)[C@H](O)[C@H](c2ccc(OCCCC[N+]34CCN(CC3)CC4)cc2)c2cc(N(C)C)ccc2S1(=O)=O.CS(=O)(=O)[O-]. The molecular formula is C36H57N3O7S2. The second kappa shape index (κ2) is 16.2. The molecule has 0 amide bonds. The molecule has 0 radical (unpaired) electrons. The van der Waals surface area contributed by atoms with Crippen LogP contribution in [0.3, 0.4) is 0 Å². The maximum Gasteiger partial charge on any atom is 0.186 e. The van der Waals surface area contributed by atoms with Gasteiger partial charge in [-0.05, 0) is 67.1 Å². The first-order valence-corrected chi connectivity index (χ1v) is 20.9. The highest BCUT2D eigenvalue weighted by Gasteiger charge is 2.57. The number of ether oxygens (including phenoxy) is 1. The van der Waals surface area contributed by atoms with Crippen LogP contribution in [0.2, 0.25) is 0 Å². The van der Waals surface area contributed by atoms with E-state index in [1.807, 2.05) is 55.4 Å². The molecule has 10 nitrogen and oxygen atoms in total. The minimum absolute atomic E-state index is 0.377. The van der Waals surface area contributed by atoms with E-state index in [-0.39, 0.29) is 0 Å². The predicted molar refractivity (Wildman–Crippen MR) is 191 cm³/mol. The first-order chi connectivity index (χ1) is 22.7. The number of nitrogens with zero attached hydrogens (tertiary/aromatic N) is 3. The molecule has 4 aliphatic heterocycles. The van der Waals surface area contributed by atoms with Gasteiger partial charge >= 0.3 is 0 Å². The van der Waals surface area contributed by atoms with Crippen molar-refractivity contribution in [2.75, 3.05) is 77.7 Å². The highest BCUT2D eigenvalue weighted by molar-refractivity contribution is 7.93. The maximum absolute atomic E-state index is 14.4. The minimum Gasteiger partial charge on any atom is -0.748 e. The molecule has 0 saturated carbocycles. The highest BCUT2D eigenvalue weighted by Crippen LogP contribution is 2.52. The Labute approximate surface area is 289 Å². The lowest BCUT2D eigenvalue weighted by molar-refractivity contribution is -0.941. The van der Waals surface area contributed by atoms with Gasteiger partial charge in [-0.1, -0.05) is 51.7 Å². The van der Waals surface area contributed by atoms with Gasteiger partial charge in [-0.3, -0.25) is 4.90 Å². The van der Waals surface area contributed by atoms with Crippen molar-refractivity contribution in [3.8, 4) is 5.75 Å². The van der Waals surface area contributed by atoms with E-state index in [0.717, 1.165) is 49.1 Å². The molecule has 2 atom stereocenters. The van der Waals surface area contributed by atoms with Crippen LogP contribution in [-0.4, -0.2) is 120 Å². The third kappa shape index (κ3) is 8.92. The molecule has 4 aliphatic rings. The van der Waals surface area contributed by atoms with Crippen LogP contribution < -0.4 is 9.64 Å². The number of anilines is 1. The number of rotatable bonds is 14. The molecule has 4 heterocycles. The first-order valence-electron chi connectivity index (χ1n) is 17.6. The Hall–Kier alpha value is -2.22. The number of benzene rings is 2. The Balaban J connectivity index is 0.000000968. The van der Waals surface area contributed by atoms with Crippen molar-refractivity contribution >= 4 is 25.6 Å².